The van der Waals surface area contributed by atoms with Crippen LogP contribution in [0.1, 0.15) is 55.0 Å². The zero-order valence-electron chi connectivity index (χ0n) is 10.6. The van der Waals surface area contributed by atoms with Crippen LogP contribution in [0.25, 0.3) is 0 Å². The molecule has 0 aromatic carbocycles. The van der Waals surface area contributed by atoms with Gasteiger partial charge in [-0.25, -0.2) is 0 Å². The first kappa shape index (κ1) is 12.1. The van der Waals surface area contributed by atoms with Gasteiger partial charge in [0, 0.05) is 19.2 Å². The topological polar surface area (TPSA) is 55.1 Å². The molecule has 0 bridgehead atoms. The summed E-state index contributed by atoms with van der Waals surface area (Å²) in [6.07, 6.45) is 5.77. The normalized spacial score (nSPS) is 16.6. The van der Waals surface area contributed by atoms with Crippen LogP contribution < -0.4 is 0 Å². The predicted octanol–water partition coefficient (Wildman–Crippen LogP) is 2.40. The molecule has 1 aliphatic rings. The molecule has 0 spiro atoms. The molecule has 0 radical (unpaired) electrons. The lowest BCUT2D eigenvalue weighted by molar-refractivity contribution is -0.136. The average Bonchev–Trinajstić information content (AvgIpc) is 2.86. The molecule has 0 unspecified atom stereocenters. The van der Waals surface area contributed by atoms with Crippen LogP contribution in [0.4, 0.5) is 0 Å². The van der Waals surface area contributed by atoms with Gasteiger partial charge < -0.3 is 5.11 Å². The molecule has 1 N–H and O–H groups in total. The monoisotopic (exact) mass is 236 g/mol. The number of carbonyl (C=O) groups is 1. The van der Waals surface area contributed by atoms with E-state index >= 15 is 0 Å². The Labute approximate surface area is 102 Å². The molecule has 4 heteroatoms. The van der Waals surface area contributed by atoms with Gasteiger partial charge in [-0.1, -0.05) is 12.8 Å². The van der Waals surface area contributed by atoms with Gasteiger partial charge in [0.1, 0.15) is 0 Å². The van der Waals surface area contributed by atoms with Crippen LogP contribution in [-0.2, 0) is 18.3 Å². The van der Waals surface area contributed by atoms with Crippen molar-refractivity contribution in [3.05, 3.63) is 17.0 Å². The summed E-state index contributed by atoms with van der Waals surface area (Å²) in [5.41, 5.74) is 3.53. The largest absolute Gasteiger partial charge is 0.481 e. The van der Waals surface area contributed by atoms with Gasteiger partial charge >= 0.3 is 5.97 Å². The predicted molar refractivity (Wildman–Crippen MR) is 65.1 cm³/mol. The van der Waals surface area contributed by atoms with Gasteiger partial charge in [-0.3, -0.25) is 9.48 Å². The van der Waals surface area contributed by atoms with Crippen molar-refractivity contribution in [3.63, 3.8) is 0 Å². The minimum atomic E-state index is -0.745. The Hall–Kier alpha value is -1.32. The van der Waals surface area contributed by atoms with E-state index in [-0.39, 0.29) is 6.42 Å². The van der Waals surface area contributed by atoms with E-state index in [1.165, 1.54) is 36.9 Å². The van der Waals surface area contributed by atoms with Crippen LogP contribution in [0, 0.1) is 6.92 Å². The number of hydrogen-bond acceptors (Lipinski definition) is 2. The van der Waals surface area contributed by atoms with Crippen molar-refractivity contribution in [1.29, 1.82) is 0 Å². The van der Waals surface area contributed by atoms with Gasteiger partial charge in [-0.05, 0) is 31.2 Å². The Morgan fingerprint density at radius 2 is 2.12 bits per heavy atom. The first-order chi connectivity index (χ1) is 8.09. The summed E-state index contributed by atoms with van der Waals surface area (Å²) < 4.78 is 1.89. The van der Waals surface area contributed by atoms with Crippen molar-refractivity contribution in [3.8, 4) is 0 Å². The second-order valence-electron chi connectivity index (χ2n) is 4.94. The van der Waals surface area contributed by atoms with Crippen molar-refractivity contribution in [2.45, 2.75) is 51.4 Å². The molecule has 1 saturated carbocycles. The molecular formula is C13H20N2O2. The summed E-state index contributed by atoms with van der Waals surface area (Å²) >= 11 is 0. The number of rotatable bonds is 4. The van der Waals surface area contributed by atoms with E-state index in [2.05, 4.69) is 12.0 Å². The fraction of sp³-hybridized carbons (Fsp3) is 0.692. The second kappa shape index (κ2) is 4.90. The summed E-state index contributed by atoms with van der Waals surface area (Å²) in [6, 6.07) is 0. The number of carboxylic acids is 1. The minimum Gasteiger partial charge on any atom is -0.481 e. The maximum Gasteiger partial charge on any atom is 0.303 e. The summed E-state index contributed by atoms with van der Waals surface area (Å²) in [6.45, 7) is 2.09. The second-order valence-corrected chi connectivity index (χ2v) is 4.94. The fourth-order valence-corrected chi connectivity index (χ4v) is 2.85. The zero-order chi connectivity index (χ0) is 12.4. The maximum absolute atomic E-state index is 10.7. The maximum atomic E-state index is 10.7. The van der Waals surface area contributed by atoms with Crippen molar-refractivity contribution < 1.29 is 9.90 Å². The molecule has 1 aromatic rings. The quantitative estimate of drug-likeness (QED) is 0.873. The highest BCUT2D eigenvalue weighted by Gasteiger charge is 2.25. The number of carboxylic acid groups (broad SMARTS) is 1. The van der Waals surface area contributed by atoms with E-state index in [1.54, 1.807) is 0 Å². The van der Waals surface area contributed by atoms with Crippen LogP contribution in [0.2, 0.25) is 0 Å². The number of aliphatic carboxylic acids is 1. The SMILES string of the molecule is Cc1c(C2CCCC2)c(CCC(=O)O)nn1C. The first-order valence-corrected chi connectivity index (χ1v) is 6.33. The lowest BCUT2D eigenvalue weighted by atomic mass is 9.94. The van der Waals surface area contributed by atoms with E-state index in [0.717, 1.165) is 5.69 Å². The molecule has 2 rings (SSSR count). The molecule has 1 fully saturated rings. The summed E-state index contributed by atoms with van der Waals surface area (Å²) in [4.78, 5) is 10.7. The molecule has 0 saturated heterocycles. The van der Waals surface area contributed by atoms with Crippen LogP contribution in [0.5, 0.6) is 0 Å². The van der Waals surface area contributed by atoms with Crippen LogP contribution in [-0.4, -0.2) is 20.9 Å². The molecule has 0 atom stereocenters. The Morgan fingerprint density at radius 3 is 2.71 bits per heavy atom. The summed E-state index contributed by atoms with van der Waals surface area (Å²) in [5.74, 6) is -0.141. The molecule has 94 valence electrons. The molecule has 0 amide bonds. The van der Waals surface area contributed by atoms with Crippen LogP contribution >= 0.6 is 0 Å². The Morgan fingerprint density at radius 1 is 1.47 bits per heavy atom. The van der Waals surface area contributed by atoms with Crippen molar-refractivity contribution in [1.82, 2.24) is 9.78 Å². The van der Waals surface area contributed by atoms with Crippen molar-refractivity contribution in [2.24, 2.45) is 7.05 Å². The summed E-state index contributed by atoms with van der Waals surface area (Å²) in [5, 5.41) is 13.3. The molecule has 1 heterocycles. The molecule has 17 heavy (non-hydrogen) atoms. The van der Waals surface area contributed by atoms with Gasteiger partial charge in [0.2, 0.25) is 0 Å². The molecule has 1 aromatic heterocycles. The number of aromatic nitrogens is 2. The number of aryl methyl sites for hydroxylation is 2. The van der Waals surface area contributed by atoms with Crippen LogP contribution in [0.15, 0.2) is 0 Å². The molecule has 0 aliphatic heterocycles. The average molecular weight is 236 g/mol. The van der Waals surface area contributed by atoms with Gasteiger partial charge in [0.15, 0.2) is 0 Å². The highest BCUT2D eigenvalue weighted by atomic mass is 16.4. The Bertz CT molecular complexity index is 417. The lowest BCUT2D eigenvalue weighted by Gasteiger charge is -2.10. The van der Waals surface area contributed by atoms with E-state index in [4.69, 9.17) is 5.11 Å². The first-order valence-electron chi connectivity index (χ1n) is 6.33. The van der Waals surface area contributed by atoms with Crippen molar-refractivity contribution >= 4 is 5.97 Å². The summed E-state index contributed by atoms with van der Waals surface area (Å²) in [7, 11) is 1.94. The number of hydrogen-bond donors (Lipinski definition) is 1. The van der Waals surface area contributed by atoms with Gasteiger partial charge in [0.25, 0.3) is 0 Å². The Balaban J connectivity index is 2.24. The third-order valence-corrected chi connectivity index (χ3v) is 3.80. The fourth-order valence-electron chi connectivity index (χ4n) is 2.85. The van der Waals surface area contributed by atoms with E-state index < -0.39 is 5.97 Å². The highest BCUT2D eigenvalue weighted by molar-refractivity contribution is 5.67. The van der Waals surface area contributed by atoms with Crippen LogP contribution in [0.3, 0.4) is 0 Å². The van der Waals surface area contributed by atoms with Gasteiger partial charge in [0.05, 0.1) is 12.1 Å². The van der Waals surface area contributed by atoms with E-state index in [9.17, 15) is 4.79 Å². The van der Waals surface area contributed by atoms with Crippen molar-refractivity contribution in [2.75, 3.05) is 0 Å². The third-order valence-electron chi connectivity index (χ3n) is 3.80. The third kappa shape index (κ3) is 2.51. The standard InChI is InChI=1S/C13H20N2O2/c1-9-13(10-5-3-4-6-10)11(14-15(9)2)7-8-12(16)17/h10H,3-8H2,1-2H3,(H,16,17). The molecule has 4 nitrogen and oxygen atoms in total. The zero-order valence-corrected chi connectivity index (χ0v) is 10.6. The molecular weight excluding hydrogens is 216 g/mol. The van der Waals surface area contributed by atoms with E-state index in [1.807, 2.05) is 11.7 Å². The molecule has 1 aliphatic carbocycles. The lowest BCUT2D eigenvalue weighted by Crippen LogP contribution is -2.02. The minimum absolute atomic E-state index is 0.177. The van der Waals surface area contributed by atoms with Gasteiger partial charge in [-0.15, -0.1) is 0 Å². The Kier molecular flexibility index (Phi) is 3.50. The highest BCUT2D eigenvalue weighted by Crippen LogP contribution is 2.37. The van der Waals surface area contributed by atoms with Gasteiger partial charge in [-0.2, -0.15) is 5.10 Å². The smallest absolute Gasteiger partial charge is 0.303 e. The number of nitrogens with zero attached hydrogens (tertiary/aromatic N) is 2. The van der Waals surface area contributed by atoms with E-state index in [0.29, 0.717) is 12.3 Å².